The number of carbonyl (C=O) groups excluding carboxylic acids is 1. The van der Waals surface area contributed by atoms with E-state index in [1.807, 2.05) is 0 Å². The van der Waals surface area contributed by atoms with Gasteiger partial charge in [0.15, 0.2) is 0 Å². The van der Waals surface area contributed by atoms with Gasteiger partial charge >= 0.3 is 5.97 Å². The second kappa shape index (κ2) is 7.70. The number of unbranched alkanes of at least 4 members (excludes halogenated alkanes) is 2. The zero-order valence-corrected chi connectivity index (χ0v) is 10.8. The standard InChI is InChI=1S/C14H26O2/c1-3-5-8-12-9-7-11-13(10-6-4-2)16-14(12)15/h12-13H,3-11H2,1-2H3. The van der Waals surface area contributed by atoms with Crippen LogP contribution in [0, 0.1) is 5.92 Å². The van der Waals surface area contributed by atoms with Crippen molar-refractivity contribution in [3.05, 3.63) is 0 Å². The number of rotatable bonds is 6. The Morgan fingerprint density at radius 3 is 2.50 bits per heavy atom. The lowest BCUT2D eigenvalue weighted by molar-refractivity contribution is -0.153. The van der Waals surface area contributed by atoms with Gasteiger partial charge in [0, 0.05) is 0 Å². The molecule has 0 bridgehead atoms. The smallest absolute Gasteiger partial charge is 0.309 e. The second-order valence-electron chi connectivity index (χ2n) is 4.97. The Morgan fingerprint density at radius 2 is 1.81 bits per heavy atom. The van der Waals surface area contributed by atoms with Gasteiger partial charge in [-0.2, -0.15) is 0 Å². The van der Waals surface area contributed by atoms with Crippen LogP contribution in [0.25, 0.3) is 0 Å². The van der Waals surface area contributed by atoms with E-state index in [1.165, 1.54) is 19.3 Å². The predicted molar refractivity (Wildman–Crippen MR) is 66.3 cm³/mol. The van der Waals surface area contributed by atoms with Crippen molar-refractivity contribution in [1.29, 1.82) is 0 Å². The molecule has 2 atom stereocenters. The molecule has 0 N–H and O–H groups in total. The van der Waals surface area contributed by atoms with Crippen molar-refractivity contribution >= 4 is 5.97 Å². The Morgan fingerprint density at radius 1 is 1.12 bits per heavy atom. The molecule has 0 aliphatic carbocycles. The second-order valence-corrected chi connectivity index (χ2v) is 4.97. The normalized spacial score (nSPS) is 26.2. The lowest BCUT2D eigenvalue weighted by Gasteiger charge is -2.16. The maximum Gasteiger partial charge on any atom is 0.309 e. The quantitative estimate of drug-likeness (QED) is 0.638. The summed E-state index contributed by atoms with van der Waals surface area (Å²) in [4.78, 5) is 11.9. The highest BCUT2D eigenvalue weighted by Gasteiger charge is 2.26. The summed E-state index contributed by atoms with van der Waals surface area (Å²) in [6.45, 7) is 4.36. The van der Waals surface area contributed by atoms with Crippen LogP contribution in [0.5, 0.6) is 0 Å². The first-order valence-electron chi connectivity index (χ1n) is 6.98. The van der Waals surface area contributed by atoms with Crippen LogP contribution >= 0.6 is 0 Å². The lowest BCUT2D eigenvalue weighted by atomic mass is 9.96. The molecule has 1 rings (SSSR count). The number of hydrogen-bond donors (Lipinski definition) is 0. The summed E-state index contributed by atoms with van der Waals surface area (Å²) >= 11 is 0. The fourth-order valence-electron chi connectivity index (χ4n) is 2.38. The Kier molecular flexibility index (Phi) is 6.51. The van der Waals surface area contributed by atoms with Crippen molar-refractivity contribution in [2.75, 3.05) is 0 Å². The molecule has 0 radical (unpaired) electrons. The van der Waals surface area contributed by atoms with E-state index in [2.05, 4.69) is 13.8 Å². The summed E-state index contributed by atoms with van der Waals surface area (Å²) in [5, 5.41) is 0. The third-order valence-corrected chi connectivity index (χ3v) is 3.48. The van der Waals surface area contributed by atoms with E-state index in [0.29, 0.717) is 0 Å². The monoisotopic (exact) mass is 226 g/mol. The predicted octanol–water partition coefficient (Wildman–Crippen LogP) is 4.08. The molecule has 0 aromatic carbocycles. The molecule has 0 saturated carbocycles. The van der Waals surface area contributed by atoms with Gasteiger partial charge in [0.1, 0.15) is 6.10 Å². The first kappa shape index (κ1) is 13.5. The minimum Gasteiger partial charge on any atom is -0.462 e. The minimum absolute atomic E-state index is 0.0760. The van der Waals surface area contributed by atoms with Crippen LogP contribution < -0.4 is 0 Å². The largest absolute Gasteiger partial charge is 0.462 e. The molecular formula is C14H26O2. The van der Waals surface area contributed by atoms with Crippen LogP contribution in [0.1, 0.15) is 71.6 Å². The summed E-state index contributed by atoms with van der Waals surface area (Å²) in [5.74, 6) is 0.263. The molecule has 2 nitrogen and oxygen atoms in total. The summed E-state index contributed by atoms with van der Waals surface area (Å²) in [6, 6.07) is 0. The van der Waals surface area contributed by atoms with Crippen molar-refractivity contribution in [3.63, 3.8) is 0 Å². The zero-order chi connectivity index (χ0) is 11.8. The average molecular weight is 226 g/mol. The summed E-state index contributed by atoms with van der Waals surface area (Å²) in [5.41, 5.74) is 0. The van der Waals surface area contributed by atoms with Gasteiger partial charge in [-0.3, -0.25) is 4.79 Å². The zero-order valence-electron chi connectivity index (χ0n) is 10.8. The molecule has 1 saturated heterocycles. The van der Waals surface area contributed by atoms with Crippen LogP contribution in [-0.2, 0) is 9.53 Å². The van der Waals surface area contributed by atoms with Gasteiger partial charge in [0.05, 0.1) is 5.92 Å². The third kappa shape index (κ3) is 4.54. The molecule has 1 fully saturated rings. The number of esters is 1. The van der Waals surface area contributed by atoms with Crippen LogP contribution in [0.15, 0.2) is 0 Å². The van der Waals surface area contributed by atoms with Gasteiger partial charge in [-0.05, 0) is 32.1 Å². The Bertz CT molecular complexity index is 201. The number of hydrogen-bond acceptors (Lipinski definition) is 2. The van der Waals surface area contributed by atoms with Crippen molar-refractivity contribution in [1.82, 2.24) is 0 Å². The highest BCUT2D eigenvalue weighted by Crippen LogP contribution is 2.25. The van der Waals surface area contributed by atoms with Crippen molar-refractivity contribution in [2.45, 2.75) is 77.7 Å². The molecule has 0 aromatic rings. The van der Waals surface area contributed by atoms with Gasteiger partial charge in [-0.1, -0.05) is 39.5 Å². The van der Waals surface area contributed by atoms with Gasteiger partial charge < -0.3 is 4.74 Å². The van der Waals surface area contributed by atoms with Gasteiger partial charge in [0.25, 0.3) is 0 Å². The van der Waals surface area contributed by atoms with E-state index in [1.54, 1.807) is 0 Å². The van der Waals surface area contributed by atoms with E-state index in [9.17, 15) is 4.79 Å². The molecule has 1 aliphatic rings. The van der Waals surface area contributed by atoms with Crippen molar-refractivity contribution in [3.8, 4) is 0 Å². The molecule has 0 spiro atoms. The van der Waals surface area contributed by atoms with E-state index in [4.69, 9.17) is 4.74 Å². The first-order valence-corrected chi connectivity index (χ1v) is 6.98. The van der Waals surface area contributed by atoms with Crippen molar-refractivity contribution in [2.24, 2.45) is 5.92 Å². The molecule has 2 unspecified atom stereocenters. The molecule has 16 heavy (non-hydrogen) atoms. The fourth-order valence-corrected chi connectivity index (χ4v) is 2.38. The summed E-state index contributed by atoms with van der Waals surface area (Å²) < 4.78 is 5.58. The Hall–Kier alpha value is -0.530. The van der Waals surface area contributed by atoms with Crippen LogP contribution in [0.4, 0.5) is 0 Å². The fraction of sp³-hybridized carbons (Fsp3) is 0.929. The highest BCUT2D eigenvalue weighted by atomic mass is 16.5. The van der Waals surface area contributed by atoms with E-state index >= 15 is 0 Å². The average Bonchev–Trinajstić information content (AvgIpc) is 2.46. The van der Waals surface area contributed by atoms with Gasteiger partial charge in [-0.25, -0.2) is 0 Å². The topological polar surface area (TPSA) is 26.3 Å². The van der Waals surface area contributed by atoms with Gasteiger partial charge in [-0.15, -0.1) is 0 Å². The first-order chi connectivity index (χ1) is 7.77. The maximum absolute atomic E-state index is 11.9. The molecule has 2 heteroatoms. The third-order valence-electron chi connectivity index (χ3n) is 3.48. The molecule has 1 aliphatic heterocycles. The number of cyclic esters (lactones) is 1. The molecular weight excluding hydrogens is 200 g/mol. The van der Waals surface area contributed by atoms with Crippen molar-refractivity contribution < 1.29 is 9.53 Å². The van der Waals surface area contributed by atoms with Gasteiger partial charge in [0.2, 0.25) is 0 Å². The Balaban J connectivity index is 2.36. The number of ether oxygens (including phenoxy) is 1. The maximum atomic E-state index is 11.9. The molecule has 0 amide bonds. The van der Waals surface area contributed by atoms with E-state index in [-0.39, 0.29) is 18.0 Å². The van der Waals surface area contributed by atoms with Crippen LogP contribution in [0.3, 0.4) is 0 Å². The SMILES string of the molecule is CCCCC1CCCC(CCCC)C(=O)O1. The highest BCUT2D eigenvalue weighted by molar-refractivity contribution is 5.72. The summed E-state index contributed by atoms with van der Waals surface area (Å²) in [6.07, 6.45) is 10.3. The summed E-state index contributed by atoms with van der Waals surface area (Å²) in [7, 11) is 0. The Labute approximate surface area is 99.8 Å². The van der Waals surface area contributed by atoms with Crippen LogP contribution in [0.2, 0.25) is 0 Å². The molecule has 1 heterocycles. The van der Waals surface area contributed by atoms with E-state index < -0.39 is 0 Å². The molecule has 0 aromatic heterocycles. The van der Waals surface area contributed by atoms with E-state index in [0.717, 1.165) is 38.5 Å². The molecule has 94 valence electrons. The number of carbonyl (C=O) groups is 1. The lowest BCUT2D eigenvalue weighted by Crippen LogP contribution is -2.20. The van der Waals surface area contributed by atoms with Crippen LogP contribution in [-0.4, -0.2) is 12.1 Å². The minimum atomic E-state index is 0.0760.